The Morgan fingerprint density at radius 3 is 2.56 bits per heavy atom. The number of benzene rings is 1. The first kappa shape index (κ1) is 11.9. The number of hydrogen-bond donors (Lipinski definition) is 0. The summed E-state index contributed by atoms with van der Waals surface area (Å²) in [5.74, 6) is -0.656. The lowest BCUT2D eigenvalue weighted by Gasteiger charge is -2.05. The summed E-state index contributed by atoms with van der Waals surface area (Å²) in [6, 6.07) is 6.56. The van der Waals surface area contributed by atoms with Crippen molar-refractivity contribution in [2.24, 2.45) is 5.16 Å². The summed E-state index contributed by atoms with van der Waals surface area (Å²) < 4.78 is 4.55. The number of carbonyl (C=O) groups is 2. The zero-order valence-corrected chi connectivity index (χ0v) is 8.97. The number of carbonyl (C=O) groups excluding carboxylic acids is 2. The normalized spacial score (nSPS) is 10.8. The van der Waals surface area contributed by atoms with Gasteiger partial charge in [-0.2, -0.15) is 0 Å². The molecule has 0 saturated heterocycles. The second kappa shape index (κ2) is 5.65. The van der Waals surface area contributed by atoms with Crippen molar-refractivity contribution < 1.29 is 19.2 Å². The molecule has 5 nitrogen and oxygen atoms in total. The molecule has 1 aromatic rings. The van der Waals surface area contributed by atoms with Gasteiger partial charge in [0.2, 0.25) is 0 Å². The molecule has 0 bridgehead atoms. The molecule has 0 N–H and O–H groups in total. The number of aldehydes is 1. The van der Waals surface area contributed by atoms with Crippen molar-refractivity contribution in [2.45, 2.75) is 0 Å². The fraction of sp³-hybridized carbons (Fsp3) is 0.182. The van der Waals surface area contributed by atoms with Crippen LogP contribution in [0.5, 0.6) is 0 Å². The zero-order valence-electron chi connectivity index (χ0n) is 8.97. The van der Waals surface area contributed by atoms with Crippen molar-refractivity contribution in [3.63, 3.8) is 0 Å². The summed E-state index contributed by atoms with van der Waals surface area (Å²) in [4.78, 5) is 26.8. The lowest BCUT2D eigenvalue weighted by molar-refractivity contribution is -0.132. The van der Waals surface area contributed by atoms with E-state index in [0.717, 1.165) is 0 Å². The molecule has 0 spiro atoms. The molecule has 1 aromatic carbocycles. The topological polar surface area (TPSA) is 65.0 Å². The first-order valence-corrected chi connectivity index (χ1v) is 4.48. The van der Waals surface area contributed by atoms with Gasteiger partial charge in [-0.15, -0.1) is 0 Å². The van der Waals surface area contributed by atoms with Gasteiger partial charge >= 0.3 is 5.97 Å². The van der Waals surface area contributed by atoms with Gasteiger partial charge in [-0.25, -0.2) is 4.79 Å². The average Bonchev–Trinajstić information content (AvgIpc) is 2.35. The summed E-state index contributed by atoms with van der Waals surface area (Å²) in [5, 5.41) is 3.56. The van der Waals surface area contributed by atoms with Gasteiger partial charge < -0.3 is 9.57 Å². The lowest BCUT2D eigenvalue weighted by Crippen LogP contribution is -2.19. The molecule has 0 saturated carbocycles. The number of nitrogens with zero attached hydrogens (tertiary/aromatic N) is 1. The molecule has 0 aromatic heterocycles. The summed E-state index contributed by atoms with van der Waals surface area (Å²) >= 11 is 0. The van der Waals surface area contributed by atoms with Crippen LogP contribution in [0.1, 0.15) is 15.9 Å². The second-order valence-corrected chi connectivity index (χ2v) is 2.82. The van der Waals surface area contributed by atoms with Gasteiger partial charge in [0, 0.05) is 11.1 Å². The first-order valence-electron chi connectivity index (χ1n) is 4.48. The minimum atomic E-state index is -0.656. The fourth-order valence-corrected chi connectivity index (χ4v) is 1.20. The molecular weight excluding hydrogens is 210 g/mol. The first-order chi connectivity index (χ1) is 7.74. The van der Waals surface area contributed by atoms with E-state index in [0.29, 0.717) is 17.4 Å². The third-order valence-corrected chi connectivity index (χ3v) is 1.90. The summed E-state index contributed by atoms with van der Waals surface area (Å²) in [6.45, 7) is 0. The lowest BCUT2D eigenvalue weighted by atomic mass is 10.0. The average molecular weight is 221 g/mol. The summed E-state index contributed by atoms with van der Waals surface area (Å²) in [7, 11) is 2.55. The van der Waals surface area contributed by atoms with Crippen LogP contribution in [0, 0.1) is 0 Å². The molecule has 0 aliphatic heterocycles. The van der Waals surface area contributed by atoms with Gasteiger partial charge in [-0.3, -0.25) is 4.79 Å². The molecule has 0 aliphatic carbocycles. The van der Waals surface area contributed by atoms with E-state index in [1.165, 1.54) is 14.2 Å². The molecule has 0 fully saturated rings. The van der Waals surface area contributed by atoms with Crippen LogP contribution in [-0.2, 0) is 14.4 Å². The van der Waals surface area contributed by atoms with Gasteiger partial charge in [0.25, 0.3) is 0 Å². The van der Waals surface area contributed by atoms with E-state index in [9.17, 15) is 9.59 Å². The third kappa shape index (κ3) is 2.44. The van der Waals surface area contributed by atoms with E-state index in [1.807, 2.05) is 0 Å². The number of hydrogen-bond acceptors (Lipinski definition) is 5. The number of oxime groups is 1. The fourth-order valence-electron chi connectivity index (χ4n) is 1.20. The van der Waals surface area contributed by atoms with E-state index in [4.69, 9.17) is 0 Å². The maximum Gasteiger partial charge on any atom is 0.360 e. The molecule has 16 heavy (non-hydrogen) atoms. The van der Waals surface area contributed by atoms with E-state index in [-0.39, 0.29) is 5.71 Å². The highest BCUT2D eigenvalue weighted by atomic mass is 16.6. The Bertz CT molecular complexity index is 426. The Hall–Kier alpha value is -2.17. The summed E-state index contributed by atoms with van der Waals surface area (Å²) in [5.41, 5.74) is 0.697. The van der Waals surface area contributed by atoms with Crippen LogP contribution in [0.25, 0.3) is 0 Å². The van der Waals surface area contributed by atoms with E-state index >= 15 is 0 Å². The van der Waals surface area contributed by atoms with Crippen LogP contribution in [0.2, 0.25) is 0 Å². The van der Waals surface area contributed by atoms with Crippen LogP contribution in [0.15, 0.2) is 29.4 Å². The van der Waals surface area contributed by atoms with Gasteiger partial charge in [-0.1, -0.05) is 29.4 Å². The molecular formula is C11H11NO4. The second-order valence-electron chi connectivity index (χ2n) is 2.82. The van der Waals surface area contributed by atoms with E-state index < -0.39 is 5.97 Å². The van der Waals surface area contributed by atoms with Crippen molar-refractivity contribution in [3.05, 3.63) is 35.4 Å². The number of ether oxygens (including phenoxy) is 1. The van der Waals surface area contributed by atoms with E-state index in [2.05, 4.69) is 14.7 Å². The van der Waals surface area contributed by atoms with Crippen molar-refractivity contribution in [2.75, 3.05) is 14.2 Å². The maximum atomic E-state index is 11.4. The van der Waals surface area contributed by atoms with Crippen LogP contribution in [-0.4, -0.2) is 32.2 Å². The van der Waals surface area contributed by atoms with Crippen LogP contribution in [0.3, 0.4) is 0 Å². The van der Waals surface area contributed by atoms with Crippen molar-refractivity contribution in [1.29, 1.82) is 0 Å². The highest BCUT2D eigenvalue weighted by Gasteiger charge is 2.18. The van der Waals surface area contributed by atoms with Gasteiger partial charge in [-0.05, 0) is 0 Å². The molecule has 0 radical (unpaired) electrons. The molecule has 0 heterocycles. The SMILES string of the molecule is CON=C(C(=O)OC)c1ccccc1C=O. The van der Waals surface area contributed by atoms with Crippen LogP contribution < -0.4 is 0 Å². The maximum absolute atomic E-state index is 11.4. The quantitative estimate of drug-likeness (QED) is 0.329. The standard InChI is InChI=1S/C11H11NO4/c1-15-11(14)10(12-16-2)9-6-4-3-5-8(9)7-13/h3-7H,1-2H3. The Balaban J connectivity index is 3.26. The van der Waals surface area contributed by atoms with Gasteiger partial charge in [0.1, 0.15) is 7.11 Å². The predicted molar refractivity (Wildman–Crippen MR) is 57.4 cm³/mol. The largest absolute Gasteiger partial charge is 0.464 e. The minimum Gasteiger partial charge on any atom is -0.464 e. The molecule has 0 atom stereocenters. The Morgan fingerprint density at radius 2 is 2.00 bits per heavy atom. The molecule has 5 heteroatoms. The Kier molecular flexibility index (Phi) is 4.20. The predicted octanol–water partition coefficient (Wildman–Crippen LogP) is 1.02. The number of methoxy groups -OCH3 is 1. The minimum absolute atomic E-state index is 0.0345. The molecule has 0 unspecified atom stereocenters. The smallest absolute Gasteiger partial charge is 0.360 e. The Labute approximate surface area is 92.7 Å². The highest BCUT2D eigenvalue weighted by molar-refractivity contribution is 6.44. The molecule has 0 aliphatic rings. The third-order valence-electron chi connectivity index (χ3n) is 1.90. The van der Waals surface area contributed by atoms with Crippen molar-refractivity contribution >= 4 is 18.0 Å². The van der Waals surface area contributed by atoms with Gasteiger partial charge in [0.05, 0.1) is 7.11 Å². The monoisotopic (exact) mass is 221 g/mol. The van der Waals surface area contributed by atoms with Crippen LogP contribution >= 0.6 is 0 Å². The van der Waals surface area contributed by atoms with Crippen molar-refractivity contribution in [3.8, 4) is 0 Å². The zero-order chi connectivity index (χ0) is 12.0. The Morgan fingerprint density at radius 1 is 1.31 bits per heavy atom. The van der Waals surface area contributed by atoms with Crippen molar-refractivity contribution in [1.82, 2.24) is 0 Å². The van der Waals surface area contributed by atoms with E-state index in [1.54, 1.807) is 24.3 Å². The van der Waals surface area contributed by atoms with Gasteiger partial charge in [0.15, 0.2) is 12.0 Å². The molecule has 84 valence electrons. The number of esters is 1. The number of rotatable bonds is 4. The molecule has 1 rings (SSSR count). The van der Waals surface area contributed by atoms with Crippen LogP contribution in [0.4, 0.5) is 0 Å². The highest BCUT2D eigenvalue weighted by Crippen LogP contribution is 2.09. The summed E-state index contributed by atoms with van der Waals surface area (Å²) in [6.07, 6.45) is 0.642. The molecule has 0 amide bonds.